The Bertz CT molecular complexity index is 675. The Morgan fingerprint density at radius 1 is 1.36 bits per heavy atom. The van der Waals surface area contributed by atoms with Crippen molar-refractivity contribution < 1.29 is 22.6 Å². The zero-order chi connectivity index (χ0) is 16.0. The molecule has 1 saturated carbocycles. The van der Waals surface area contributed by atoms with Crippen LogP contribution in [0.5, 0.6) is 11.5 Å². The normalized spacial score (nSPS) is 29.6. The largest absolute Gasteiger partial charge is 0.454 e. The third kappa shape index (κ3) is 2.19. The lowest BCUT2D eigenvalue weighted by atomic mass is 9.99. The second-order valence-corrected chi connectivity index (χ2v) is 8.24. The first kappa shape index (κ1) is 15.6. The molecule has 1 heterocycles. The molecule has 0 radical (unpaired) electrons. The van der Waals surface area contributed by atoms with E-state index in [-0.39, 0.29) is 25.0 Å². The van der Waals surface area contributed by atoms with Gasteiger partial charge in [-0.1, -0.05) is 13.0 Å². The van der Waals surface area contributed by atoms with Crippen molar-refractivity contribution in [3.63, 3.8) is 0 Å². The van der Waals surface area contributed by atoms with Gasteiger partial charge in [-0.05, 0) is 17.7 Å². The Labute approximate surface area is 130 Å². The number of hydrogen-bond acceptors (Lipinski definition) is 6. The summed E-state index contributed by atoms with van der Waals surface area (Å²) < 4.78 is 40.9. The van der Waals surface area contributed by atoms with E-state index in [0.717, 1.165) is 5.56 Å². The molecule has 0 amide bonds. The quantitative estimate of drug-likeness (QED) is 0.835. The number of methoxy groups -OCH3 is 1. The lowest BCUT2D eigenvalue weighted by molar-refractivity contribution is 0.142. The molecule has 2 N–H and O–H groups in total. The Morgan fingerprint density at radius 3 is 2.73 bits per heavy atom. The van der Waals surface area contributed by atoms with Crippen molar-refractivity contribution in [2.45, 2.75) is 18.1 Å². The predicted molar refractivity (Wildman–Crippen MR) is 81.9 cm³/mol. The van der Waals surface area contributed by atoms with Crippen LogP contribution in [0.4, 0.5) is 0 Å². The molecule has 3 rings (SSSR count). The predicted octanol–water partition coefficient (Wildman–Crippen LogP) is 0.907. The minimum atomic E-state index is -3.21. The second kappa shape index (κ2) is 5.40. The molecule has 3 atom stereocenters. The van der Waals surface area contributed by atoms with Gasteiger partial charge in [0, 0.05) is 30.7 Å². The fourth-order valence-electron chi connectivity index (χ4n) is 3.55. The van der Waals surface area contributed by atoms with E-state index < -0.39 is 20.5 Å². The van der Waals surface area contributed by atoms with Crippen molar-refractivity contribution in [2.24, 2.45) is 11.1 Å². The SMILES string of the molecule is CCS(=O)(=O)C1C(c2ccc3c(c2)OCO3)C1(CN)COC. The molecule has 1 aromatic rings. The summed E-state index contributed by atoms with van der Waals surface area (Å²) in [4.78, 5) is 0. The summed E-state index contributed by atoms with van der Waals surface area (Å²) in [5.74, 6) is 1.27. The molecular formula is C15H21NO5S. The van der Waals surface area contributed by atoms with Crippen molar-refractivity contribution in [1.29, 1.82) is 0 Å². The maximum Gasteiger partial charge on any atom is 0.231 e. The smallest absolute Gasteiger partial charge is 0.231 e. The lowest BCUT2D eigenvalue weighted by Gasteiger charge is -2.14. The zero-order valence-electron chi connectivity index (χ0n) is 12.7. The van der Waals surface area contributed by atoms with E-state index in [1.54, 1.807) is 14.0 Å². The molecule has 0 aromatic heterocycles. The van der Waals surface area contributed by atoms with Crippen molar-refractivity contribution in [1.82, 2.24) is 0 Å². The average Bonchev–Trinajstić information content (AvgIpc) is 2.96. The fourth-order valence-corrected chi connectivity index (χ4v) is 5.70. The molecule has 1 fully saturated rings. The van der Waals surface area contributed by atoms with E-state index >= 15 is 0 Å². The van der Waals surface area contributed by atoms with Gasteiger partial charge in [0.25, 0.3) is 0 Å². The summed E-state index contributed by atoms with van der Waals surface area (Å²) in [6.45, 7) is 2.45. The van der Waals surface area contributed by atoms with Crippen LogP contribution in [0, 0.1) is 5.41 Å². The first-order valence-electron chi connectivity index (χ1n) is 7.30. The number of sulfone groups is 1. The summed E-state index contributed by atoms with van der Waals surface area (Å²) >= 11 is 0. The van der Waals surface area contributed by atoms with Crippen molar-refractivity contribution in [3.8, 4) is 11.5 Å². The third-order valence-electron chi connectivity index (χ3n) is 4.72. The molecule has 7 heteroatoms. The minimum Gasteiger partial charge on any atom is -0.454 e. The fraction of sp³-hybridized carbons (Fsp3) is 0.600. The topological polar surface area (TPSA) is 87.9 Å². The van der Waals surface area contributed by atoms with E-state index in [0.29, 0.717) is 18.1 Å². The van der Waals surface area contributed by atoms with Crippen LogP contribution in [0.1, 0.15) is 18.4 Å². The highest BCUT2D eigenvalue weighted by molar-refractivity contribution is 7.92. The first-order valence-corrected chi connectivity index (χ1v) is 9.02. The van der Waals surface area contributed by atoms with Crippen LogP contribution >= 0.6 is 0 Å². The molecule has 6 nitrogen and oxygen atoms in total. The van der Waals surface area contributed by atoms with Gasteiger partial charge in [-0.2, -0.15) is 0 Å². The number of ether oxygens (including phenoxy) is 3. The third-order valence-corrected chi connectivity index (χ3v) is 7.04. The van der Waals surface area contributed by atoms with E-state index in [4.69, 9.17) is 19.9 Å². The van der Waals surface area contributed by atoms with E-state index in [9.17, 15) is 8.42 Å². The molecule has 0 bridgehead atoms. The van der Waals surface area contributed by atoms with Crippen LogP contribution < -0.4 is 15.2 Å². The number of benzene rings is 1. The zero-order valence-corrected chi connectivity index (χ0v) is 13.6. The molecule has 22 heavy (non-hydrogen) atoms. The highest BCUT2D eigenvalue weighted by atomic mass is 32.2. The van der Waals surface area contributed by atoms with Gasteiger partial charge in [0.2, 0.25) is 6.79 Å². The number of hydrogen-bond donors (Lipinski definition) is 1. The van der Waals surface area contributed by atoms with Gasteiger partial charge in [-0.25, -0.2) is 8.42 Å². The average molecular weight is 327 g/mol. The van der Waals surface area contributed by atoms with Crippen LogP contribution in [0.2, 0.25) is 0 Å². The molecule has 122 valence electrons. The summed E-state index contributed by atoms with van der Waals surface area (Å²) in [6.07, 6.45) is 0. The van der Waals surface area contributed by atoms with Gasteiger partial charge in [0.1, 0.15) is 0 Å². The summed E-state index contributed by atoms with van der Waals surface area (Å²) in [5.41, 5.74) is 6.29. The van der Waals surface area contributed by atoms with Crippen molar-refractivity contribution >= 4 is 9.84 Å². The number of nitrogens with two attached hydrogens (primary N) is 1. The Kier molecular flexibility index (Phi) is 3.82. The van der Waals surface area contributed by atoms with Crippen LogP contribution in [0.25, 0.3) is 0 Å². The molecule has 0 spiro atoms. The van der Waals surface area contributed by atoms with Crippen LogP contribution in [0.3, 0.4) is 0 Å². The molecular weight excluding hydrogens is 306 g/mol. The highest BCUT2D eigenvalue weighted by Crippen LogP contribution is 2.63. The van der Waals surface area contributed by atoms with Crippen LogP contribution in [0.15, 0.2) is 18.2 Å². The van der Waals surface area contributed by atoms with Crippen molar-refractivity contribution in [3.05, 3.63) is 23.8 Å². The van der Waals surface area contributed by atoms with Gasteiger partial charge in [-0.15, -0.1) is 0 Å². The number of rotatable bonds is 6. The second-order valence-electron chi connectivity index (χ2n) is 5.83. The Morgan fingerprint density at radius 2 is 2.09 bits per heavy atom. The van der Waals surface area contributed by atoms with E-state index in [1.165, 1.54) is 0 Å². The van der Waals surface area contributed by atoms with Gasteiger partial charge in [-0.3, -0.25) is 0 Å². The maximum atomic E-state index is 12.5. The molecule has 1 aliphatic carbocycles. The van der Waals surface area contributed by atoms with E-state index in [1.807, 2.05) is 18.2 Å². The molecule has 0 saturated heterocycles. The molecule has 1 aromatic carbocycles. The van der Waals surface area contributed by atoms with Gasteiger partial charge < -0.3 is 19.9 Å². The Balaban J connectivity index is 2.00. The molecule has 1 aliphatic heterocycles. The standard InChI is InChI=1S/C15H21NO5S/c1-3-22(17,18)14-13(15(14,7-16)8-19-2)10-4-5-11-12(6-10)21-9-20-11/h4-6,13-14H,3,7-9,16H2,1-2H3. The molecule has 2 aliphatic rings. The van der Waals surface area contributed by atoms with Crippen molar-refractivity contribution in [2.75, 3.05) is 32.8 Å². The summed E-state index contributed by atoms with van der Waals surface area (Å²) in [7, 11) is -1.64. The Hall–Kier alpha value is -1.31. The monoisotopic (exact) mass is 327 g/mol. The lowest BCUT2D eigenvalue weighted by Crippen LogP contribution is -2.28. The van der Waals surface area contributed by atoms with E-state index in [2.05, 4.69) is 0 Å². The minimum absolute atomic E-state index is 0.101. The highest BCUT2D eigenvalue weighted by Gasteiger charge is 2.69. The summed E-state index contributed by atoms with van der Waals surface area (Å²) in [5, 5.41) is -0.504. The summed E-state index contributed by atoms with van der Waals surface area (Å²) in [6, 6.07) is 5.57. The van der Waals surface area contributed by atoms with Gasteiger partial charge in [0.05, 0.1) is 11.9 Å². The van der Waals surface area contributed by atoms with Crippen LogP contribution in [-0.4, -0.2) is 46.5 Å². The number of fused-ring (bicyclic) bond motifs is 1. The maximum absolute atomic E-state index is 12.5. The van der Waals surface area contributed by atoms with Crippen LogP contribution in [-0.2, 0) is 14.6 Å². The molecule has 3 unspecified atom stereocenters. The van der Waals surface area contributed by atoms with Gasteiger partial charge >= 0.3 is 0 Å². The van der Waals surface area contributed by atoms with Gasteiger partial charge in [0.15, 0.2) is 21.3 Å². The first-order chi connectivity index (χ1) is 10.5.